The van der Waals surface area contributed by atoms with Crippen molar-refractivity contribution >= 4 is 5.78 Å². The minimum Gasteiger partial charge on any atom is -0.364 e. The largest absolute Gasteiger partial charge is 0.364 e. The Labute approximate surface area is 89.4 Å². The summed E-state index contributed by atoms with van der Waals surface area (Å²) in [4.78, 5) is 11.6. The summed E-state index contributed by atoms with van der Waals surface area (Å²) in [5.74, 6) is 0.0748. The number of allylic oxidation sites excluding steroid dienone is 8. The van der Waals surface area contributed by atoms with Gasteiger partial charge < -0.3 is 5.32 Å². The smallest absolute Gasteiger partial charge is 0.187 e. The summed E-state index contributed by atoms with van der Waals surface area (Å²) >= 11 is 0. The van der Waals surface area contributed by atoms with Gasteiger partial charge in [0.05, 0.1) is 0 Å². The molecule has 2 heteroatoms. The SMILES string of the molecule is CC=C1C=CNC(=C2C=CC=CC2=O)C1. The standard InChI is InChI=1S/C13H13NO/c1-2-10-7-8-14-12(9-10)11-5-3-4-6-13(11)15/h2-8,14H,9H2,1H3. The van der Waals surface area contributed by atoms with Crippen LogP contribution in [0.15, 0.2) is 59.5 Å². The summed E-state index contributed by atoms with van der Waals surface area (Å²) in [6.45, 7) is 2.01. The molecule has 2 aliphatic rings. The van der Waals surface area contributed by atoms with Crippen LogP contribution in [0.3, 0.4) is 0 Å². The Bertz CT molecular complexity index is 433. The van der Waals surface area contributed by atoms with Crippen LogP contribution in [0.2, 0.25) is 0 Å². The van der Waals surface area contributed by atoms with Crippen molar-refractivity contribution in [3.05, 3.63) is 59.5 Å². The van der Waals surface area contributed by atoms with Crippen molar-refractivity contribution in [2.24, 2.45) is 0 Å². The molecule has 1 N–H and O–H groups in total. The van der Waals surface area contributed by atoms with E-state index in [0.29, 0.717) is 0 Å². The van der Waals surface area contributed by atoms with Gasteiger partial charge in [-0.3, -0.25) is 4.79 Å². The van der Waals surface area contributed by atoms with E-state index in [9.17, 15) is 4.79 Å². The number of nitrogens with one attached hydrogen (secondary N) is 1. The van der Waals surface area contributed by atoms with E-state index in [0.717, 1.165) is 17.7 Å². The summed E-state index contributed by atoms with van der Waals surface area (Å²) in [5.41, 5.74) is 2.98. The molecule has 0 radical (unpaired) electrons. The van der Waals surface area contributed by atoms with E-state index in [1.54, 1.807) is 12.2 Å². The van der Waals surface area contributed by atoms with E-state index in [1.807, 2.05) is 31.4 Å². The second-order valence-electron chi connectivity index (χ2n) is 3.49. The molecule has 15 heavy (non-hydrogen) atoms. The van der Waals surface area contributed by atoms with Crippen LogP contribution >= 0.6 is 0 Å². The van der Waals surface area contributed by atoms with Gasteiger partial charge in [0.25, 0.3) is 0 Å². The van der Waals surface area contributed by atoms with Crippen LogP contribution < -0.4 is 5.32 Å². The van der Waals surface area contributed by atoms with E-state index in [4.69, 9.17) is 0 Å². The second kappa shape index (κ2) is 4.13. The lowest BCUT2D eigenvalue weighted by Gasteiger charge is -2.17. The molecule has 0 bridgehead atoms. The fourth-order valence-electron chi connectivity index (χ4n) is 1.65. The van der Waals surface area contributed by atoms with Gasteiger partial charge in [0.1, 0.15) is 0 Å². The minimum atomic E-state index is 0.0748. The Morgan fingerprint density at radius 1 is 1.27 bits per heavy atom. The zero-order valence-electron chi connectivity index (χ0n) is 8.66. The van der Waals surface area contributed by atoms with Gasteiger partial charge in [-0.25, -0.2) is 0 Å². The number of hydrogen-bond donors (Lipinski definition) is 1. The molecule has 2 nitrogen and oxygen atoms in total. The molecule has 2 rings (SSSR count). The van der Waals surface area contributed by atoms with Gasteiger partial charge in [0.15, 0.2) is 5.78 Å². The lowest BCUT2D eigenvalue weighted by atomic mass is 9.98. The lowest BCUT2D eigenvalue weighted by Crippen LogP contribution is -2.16. The molecule has 1 heterocycles. The summed E-state index contributed by atoms with van der Waals surface area (Å²) < 4.78 is 0. The normalized spacial score (nSPS) is 27.3. The first-order valence-corrected chi connectivity index (χ1v) is 5.02. The molecule has 0 atom stereocenters. The predicted octanol–water partition coefficient (Wildman–Crippen LogP) is 2.39. The molecular formula is C13H13NO. The molecule has 0 saturated carbocycles. The molecule has 76 valence electrons. The van der Waals surface area contributed by atoms with Crippen LogP contribution in [-0.4, -0.2) is 5.78 Å². The average Bonchev–Trinajstić information content (AvgIpc) is 2.30. The molecule has 0 aromatic heterocycles. The highest BCUT2D eigenvalue weighted by atomic mass is 16.1. The Hall–Kier alpha value is -1.83. The average molecular weight is 199 g/mol. The number of carbonyl (C=O) groups is 1. The fraction of sp³-hybridized carbons (Fsp3) is 0.154. The molecule has 1 aliphatic carbocycles. The highest BCUT2D eigenvalue weighted by Gasteiger charge is 2.14. The van der Waals surface area contributed by atoms with Crippen LogP contribution in [0, 0.1) is 0 Å². The van der Waals surface area contributed by atoms with Gasteiger partial charge >= 0.3 is 0 Å². The van der Waals surface area contributed by atoms with E-state index >= 15 is 0 Å². The third-order valence-corrected chi connectivity index (χ3v) is 2.52. The van der Waals surface area contributed by atoms with Gasteiger partial charge in [0, 0.05) is 23.9 Å². The van der Waals surface area contributed by atoms with Gasteiger partial charge in [-0.1, -0.05) is 18.2 Å². The molecule has 0 amide bonds. The zero-order chi connectivity index (χ0) is 10.7. The monoisotopic (exact) mass is 199 g/mol. The molecule has 0 aromatic carbocycles. The van der Waals surface area contributed by atoms with Crippen molar-refractivity contribution in [2.75, 3.05) is 0 Å². The van der Waals surface area contributed by atoms with Gasteiger partial charge in [-0.05, 0) is 30.7 Å². The van der Waals surface area contributed by atoms with Crippen molar-refractivity contribution in [1.29, 1.82) is 0 Å². The summed E-state index contributed by atoms with van der Waals surface area (Å²) in [5, 5.41) is 3.14. The van der Waals surface area contributed by atoms with Crippen LogP contribution in [0.1, 0.15) is 13.3 Å². The molecular weight excluding hydrogens is 186 g/mol. The summed E-state index contributed by atoms with van der Waals surface area (Å²) in [6, 6.07) is 0. The van der Waals surface area contributed by atoms with E-state index in [-0.39, 0.29) is 5.78 Å². The number of rotatable bonds is 0. The highest BCUT2D eigenvalue weighted by molar-refractivity contribution is 6.08. The first-order chi connectivity index (χ1) is 7.31. The molecule has 0 saturated heterocycles. The summed E-state index contributed by atoms with van der Waals surface area (Å²) in [7, 11) is 0. The molecule has 0 unspecified atom stereocenters. The molecule has 0 spiro atoms. The molecule has 1 aliphatic heterocycles. The van der Waals surface area contributed by atoms with Crippen LogP contribution in [0.4, 0.5) is 0 Å². The van der Waals surface area contributed by atoms with E-state index < -0.39 is 0 Å². The minimum absolute atomic E-state index is 0.0748. The molecule has 0 aromatic rings. The number of ketones is 1. The Balaban J connectivity index is 2.35. The third kappa shape index (κ3) is 1.99. The second-order valence-corrected chi connectivity index (χ2v) is 3.49. The van der Waals surface area contributed by atoms with E-state index in [2.05, 4.69) is 11.4 Å². The first-order valence-electron chi connectivity index (χ1n) is 5.02. The van der Waals surface area contributed by atoms with Gasteiger partial charge in [-0.2, -0.15) is 0 Å². The van der Waals surface area contributed by atoms with Crippen molar-refractivity contribution in [3.63, 3.8) is 0 Å². The molecule has 0 fully saturated rings. The predicted molar refractivity (Wildman–Crippen MR) is 61.0 cm³/mol. The van der Waals surface area contributed by atoms with Crippen LogP contribution in [0.25, 0.3) is 0 Å². The van der Waals surface area contributed by atoms with Gasteiger partial charge in [0.2, 0.25) is 0 Å². The van der Waals surface area contributed by atoms with Crippen molar-refractivity contribution in [3.8, 4) is 0 Å². The van der Waals surface area contributed by atoms with E-state index in [1.165, 1.54) is 5.57 Å². The highest BCUT2D eigenvalue weighted by Crippen LogP contribution is 2.20. The number of carbonyl (C=O) groups excluding carboxylic acids is 1. The lowest BCUT2D eigenvalue weighted by molar-refractivity contribution is -0.111. The zero-order valence-corrected chi connectivity index (χ0v) is 8.66. The summed E-state index contributed by atoms with van der Waals surface area (Å²) in [6.07, 6.45) is 13.9. The van der Waals surface area contributed by atoms with Crippen LogP contribution in [0.5, 0.6) is 0 Å². The maximum absolute atomic E-state index is 11.6. The number of hydrogen-bond acceptors (Lipinski definition) is 2. The maximum Gasteiger partial charge on any atom is 0.187 e. The van der Waals surface area contributed by atoms with Gasteiger partial charge in [-0.15, -0.1) is 0 Å². The Morgan fingerprint density at radius 2 is 2.07 bits per heavy atom. The Morgan fingerprint density at radius 3 is 2.80 bits per heavy atom. The maximum atomic E-state index is 11.6. The van der Waals surface area contributed by atoms with Crippen LogP contribution in [-0.2, 0) is 4.79 Å². The quantitative estimate of drug-likeness (QED) is 0.607. The topological polar surface area (TPSA) is 29.1 Å². The third-order valence-electron chi connectivity index (χ3n) is 2.52. The Kier molecular flexibility index (Phi) is 2.68. The van der Waals surface area contributed by atoms with Crippen molar-refractivity contribution in [1.82, 2.24) is 5.32 Å². The fourth-order valence-corrected chi connectivity index (χ4v) is 1.65. The van der Waals surface area contributed by atoms with Crippen molar-refractivity contribution in [2.45, 2.75) is 13.3 Å². The first kappa shape index (κ1) is 9.71. The van der Waals surface area contributed by atoms with Crippen molar-refractivity contribution < 1.29 is 4.79 Å².